The highest BCUT2D eigenvalue weighted by Gasteiger charge is 2.60. The first-order valence-electron chi connectivity index (χ1n) is 9.88. The van der Waals surface area contributed by atoms with Gasteiger partial charge in [-0.2, -0.15) is 13.2 Å². The van der Waals surface area contributed by atoms with Gasteiger partial charge in [0.25, 0.3) is 0 Å². The van der Waals surface area contributed by atoms with Crippen molar-refractivity contribution in [3.63, 3.8) is 0 Å². The molecule has 3 fully saturated rings. The number of aromatic hydroxyl groups is 1. The van der Waals surface area contributed by atoms with Crippen molar-refractivity contribution in [1.82, 2.24) is 10.2 Å². The normalized spacial score (nSPS) is 28.2. The maximum atomic E-state index is 13.0. The molecule has 0 saturated heterocycles. The number of fused-ring (bicyclic) bond motifs is 3. The summed E-state index contributed by atoms with van der Waals surface area (Å²) in [4.78, 5) is 2.26. The van der Waals surface area contributed by atoms with Crippen molar-refractivity contribution >= 4 is 5.82 Å². The van der Waals surface area contributed by atoms with Gasteiger partial charge in [-0.25, -0.2) is 0 Å². The third-order valence-corrected chi connectivity index (χ3v) is 6.78. The third kappa shape index (κ3) is 2.79. The molecule has 0 unspecified atom stereocenters. The zero-order chi connectivity index (χ0) is 20.6. The highest BCUT2D eigenvalue weighted by atomic mass is 19.4. The number of benzene rings is 1. The van der Waals surface area contributed by atoms with Crippen molar-refractivity contribution in [2.45, 2.75) is 62.8 Å². The van der Waals surface area contributed by atoms with E-state index in [0.717, 1.165) is 68.6 Å². The highest BCUT2D eigenvalue weighted by Crippen LogP contribution is 2.57. The Labute approximate surface area is 166 Å². The minimum absolute atomic E-state index is 0.0547. The van der Waals surface area contributed by atoms with E-state index in [1.54, 1.807) is 0 Å². The first-order chi connectivity index (χ1) is 13.6. The lowest BCUT2D eigenvalue weighted by Gasteiger charge is -2.61. The van der Waals surface area contributed by atoms with Gasteiger partial charge in [-0.15, -0.1) is 10.2 Å². The number of anilines is 1. The molecule has 6 rings (SSSR count). The first-order valence-corrected chi connectivity index (χ1v) is 9.88. The molecule has 1 aliphatic heterocycles. The van der Waals surface area contributed by atoms with E-state index in [9.17, 15) is 23.4 Å². The van der Waals surface area contributed by atoms with Crippen molar-refractivity contribution in [3.05, 3.63) is 34.9 Å². The van der Waals surface area contributed by atoms with Crippen molar-refractivity contribution in [1.29, 1.82) is 0 Å². The zero-order valence-corrected chi connectivity index (χ0v) is 16.1. The van der Waals surface area contributed by atoms with Crippen LogP contribution in [0.15, 0.2) is 18.2 Å². The summed E-state index contributed by atoms with van der Waals surface area (Å²) in [5, 5.41) is 29.4. The number of aromatic nitrogens is 2. The lowest BCUT2D eigenvalue weighted by Crippen LogP contribution is -2.68. The molecular formula is C21H22F3N3O2. The number of alkyl halides is 3. The second kappa shape index (κ2) is 5.84. The van der Waals surface area contributed by atoms with Gasteiger partial charge < -0.3 is 15.1 Å². The maximum absolute atomic E-state index is 13.0. The minimum Gasteiger partial charge on any atom is -0.507 e. The van der Waals surface area contributed by atoms with Crippen LogP contribution in [0.1, 0.15) is 48.8 Å². The van der Waals surface area contributed by atoms with Crippen LogP contribution in [-0.4, -0.2) is 38.1 Å². The van der Waals surface area contributed by atoms with E-state index in [2.05, 4.69) is 15.1 Å². The molecule has 3 saturated carbocycles. The minimum atomic E-state index is -4.52. The Morgan fingerprint density at radius 3 is 2.52 bits per heavy atom. The van der Waals surface area contributed by atoms with E-state index in [4.69, 9.17) is 0 Å². The molecule has 0 atom stereocenters. The fraction of sp³-hybridized carbons (Fsp3) is 0.524. The van der Waals surface area contributed by atoms with Crippen molar-refractivity contribution < 1.29 is 23.4 Å². The monoisotopic (exact) mass is 405 g/mol. The van der Waals surface area contributed by atoms with E-state index in [1.165, 1.54) is 6.92 Å². The van der Waals surface area contributed by atoms with E-state index in [-0.39, 0.29) is 11.1 Å². The summed E-state index contributed by atoms with van der Waals surface area (Å²) in [7, 11) is 0. The summed E-state index contributed by atoms with van der Waals surface area (Å²) in [6.45, 7) is 2.32. The van der Waals surface area contributed by atoms with E-state index >= 15 is 0 Å². The van der Waals surface area contributed by atoms with Gasteiger partial charge in [-0.1, -0.05) is 0 Å². The molecule has 3 aliphatic carbocycles. The third-order valence-electron chi connectivity index (χ3n) is 6.78. The lowest BCUT2D eigenvalue weighted by atomic mass is 9.55. The molecule has 29 heavy (non-hydrogen) atoms. The molecule has 0 amide bonds. The first kappa shape index (κ1) is 18.7. The zero-order valence-electron chi connectivity index (χ0n) is 16.1. The molecule has 2 bridgehead atoms. The number of hydrogen-bond acceptors (Lipinski definition) is 5. The fourth-order valence-corrected chi connectivity index (χ4v) is 5.62. The summed E-state index contributed by atoms with van der Waals surface area (Å²) >= 11 is 0. The summed E-state index contributed by atoms with van der Waals surface area (Å²) in [6.07, 6.45) is 0.618. The number of rotatable bonds is 2. The quantitative estimate of drug-likeness (QED) is 0.791. The Bertz CT molecular complexity index is 976. The SMILES string of the molecule is Cc1cc(C(F)(F)F)cc(O)c1-c1cc2c(nn1)N(C13CCCC(O)(C1)C3)CC2. The molecule has 0 radical (unpaired) electrons. The van der Waals surface area contributed by atoms with Crippen LogP contribution in [0.2, 0.25) is 0 Å². The number of phenolic OH excluding ortho intramolecular Hbond substituents is 1. The average molecular weight is 405 g/mol. The molecule has 2 aromatic rings. The van der Waals surface area contributed by atoms with Crippen LogP contribution >= 0.6 is 0 Å². The number of hydrogen-bond donors (Lipinski definition) is 2. The second-order valence-electron chi connectivity index (χ2n) is 8.82. The van der Waals surface area contributed by atoms with E-state index in [1.807, 2.05) is 6.07 Å². The van der Waals surface area contributed by atoms with Crippen LogP contribution in [-0.2, 0) is 12.6 Å². The Hall–Kier alpha value is -2.35. The van der Waals surface area contributed by atoms with E-state index < -0.39 is 23.1 Å². The fourth-order valence-electron chi connectivity index (χ4n) is 5.62. The van der Waals surface area contributed by atoms with Crippen LogP contribution < -0.4 is 4.90 Å². The van der Waals surface area contributed by atoms with Crippen LogP contribution in [0.5, 0.6) is 5.75 Å². The van der Waals surface area contributed by atoms with Crippen molar-refractivity contribution in [2.75, 3.05) is 11.4 Å². The van der Waals surface area contributed by atoms with Crippen molar-refractivity contribution in [2.24, 2.45) is 0 Å². The van der Waals surface area contributed by atoms with Crippen LogP contribution in [0.25, 0.3) is 11.3 Å². The second-order valence-corrected chi connectivity index (χ2v) is 8.82. The predicted octanol–water partition coefficient (Wildman–Crippen LogP) is 3.99. The molecule has 2 heterocycles. The summed E-state index contributed by atoms with van der Waals surface area (Å²) in [6, 6.07) is 3.58. The van der Waals surface area contributed by atoms with Crippen LogP contribution in [0, 0.1) is 6.92 Å². The summed E-state index contributed by atoms with van der Waals surface area (Å²) in [5.74, 6) is 0.345. The molecule has 8 heteroatoms. The summed E-state index contributed by atoms with van der Waals surface area (Å²) in [5.41, 5.74) is 0.449. The smallest absolute Gasteiger partial charge is 0.416 e. The molecule has 5 nitrogen and oxygen atoms in total. The predicted molar refractivity (Wildman–Crippen MR) is 101 cm³/mol. The van der Waals surface area contributed by atoms with Crippen LogP contribution in [0.4, 0.5) is 19.0 Å². The molecule has 1 aromatic carbocycles. The van der Waals surface area contributed by atoms with Gasteiger partial charge in [0, 0.05) is 23.2 Å². The van der Waals surface area contributed by atoms with Gasteiger partial charge in [0.15, 0.2) is 5.82 Å². The van der Waals surface area contributed by atoms with Gasteiger partial charge in [0.1, 0.15) is 5.75 Å². The molecule has 1 aromatic heterocycles. The Balaban J connectivity index is 1.49. The van der Waals surface area contributed by atoms with Gasteiger partial charge in [0.05, 0.1) is 16.9 Å². The summed E-state index contributed by atoms with van der Waals surface area (Å²) < 4.78 is 39.0. The standard InChI is InChI=1S/C21H22F3N3O2/c1-12-7-14(21(22,23)24)9-16(28)17(12)15-8-13-3-6-27(18(13)26-25-15)19-4-2-5-20(29,10-19)11-19/h7-9,28-29H,2-6,10-11H2,1H3. The van der Waals surface area contributed by atoms with Gasteiger partial charge in [0.2, 0.25) is 0 Å². The van der Waals surface area contributed by atoms with Crippen molar-refractivity contribution in [3.8, 4) is 17.0 Å². The maximum Gasteiger partial charge on any atom is 0.416 e. The van der Waals surface area contributed by atoms with Gasteiger partial charge in [-0.3, -0.25) is 0 Å². The number of phenols is 1. The molecule has 4 aliphatic rings. The van der Waals surface area contributed by atoms with E-state index in [0.29, 0.717) is 11.3 Å². The van der Waals surface area contributed by atoms with Crippen LogP contribution in [0.3, 0.4) is 0 Å². The Kier molecular flexibility index (Phi) is 3.76. The number of aliphatic hydroxyl groups is 1. The highest BCUT2D eigenvalue weighted by molar-refractivity contribution is 5.73. The Morgan fingerprint density at radius 2 is 1.86 bits per heavy atom. The Morgan fingerprint density at radius 1 is 1.10 bits per heavy atom. The average Bonchev–Trinajstić information content (AvgIpc) is 3.03. The largest absolute Gasteiger partial charge is 0.507 e. The number of halogens is 3. The molecule has 0 spiro atoms. The molecule has 154 valence electrons. The molecule has 2 N–H and O–H groups in total. The molecular weight excluding hydrogens is 383 g/mol. The van der Waals surface area contributed by atoms with Gasteiger partial charge in [-0.05, 0) is 69.2 Å². The topological polar surface area (TPSA) is 69.5 Å². The number of aryl methyl sites for hydroxylation is 1. The lowest BCUT2D eigenvalue weighted by molar-refractivity contribution is -0.137. The number of nitrogens with zero attached hydrogens (tertiary/aromatic N) is 3. The van der Waals surface area contributed by atoms with Gasteiger partial charge >= 0.3 is 6.18 Å².